The summed E-state index contributed by atoms with van der Waals surface area (Å²) in [6.07, 6.45) is 0. The molecule has 0 aliphatic carbocycles. The third-order valence-corrected chi connectivity index (χ3v) is 3.16. The molecule has 0 fully saturated rings. The number of nitrogens with zero attached hydrogens (tertiary/aromatic N) is 1. The Kier molecular flexibility index (Phi) is 6.92. The minimum atomic E-state index is -1.39. The summed E-state index contributed by atoms with van der Waals surface area (Å²) in [5, 5.41) is 0. The summed E-state index contributed by atoms with van der Waals surface area (Å²) in [7, 11) is 1.62. The molecule has 0 unspecified atom stereocenters. The molecule has 0 spiro atoms. The van der Waals surface area contributed by atoms with Crippen molar-refractivity contribution >= 4 is 17.6 Å². The molecule has 0 saturated carbocycles. The van der Waals surface area contributed by atoms with Crippen molar-refractivity contribution in [3.8, 4) is 17.6 Å². The molecule has 0 radical (unpaired) electrons. The molecule has 1 aromatic rings. The third kappa shape index (κ3) is 5.01. The van der Waals surface area contributed by atoms with Gasteiger partial charge in [-0.3, -0.25) is 9.59 Å². The van der Waals surface area contributed by atoms with Crippen LogP contribution in [-0.2, 0) is 14.3 Å². The molecular weight excluding hydrogens is 534 g/mol. The van der Waals surface area contributed by atoms with E-state index in [-0.39, 0.29) is 43.6 Å². The number of benzene rings is 1. The van der Waals surface area contributed by atoms with E-state index in [2.05, 4.69) is 25.7 Å². The number of esters is 1. The van der Waals surface area contributed by atoms with Gasteiger partial charge in [-0.05, 0) is 18.2 Å². The number of carbonyl (C=O) groups is 2. The van der Waals surface area contributed by atoms with Gasteiger partial charge in [0.25, 0.3) is 5.97 Å². The van der Waals surface area contributed by atoms with Gasteiger partial charge in [0, 0.05) is 19.5 Å². The first-order valence-corrected chi connectivity index (χ1v) is 6.93. The van der Waals surface area contributed by atoms with Crippen molar-refractivity contribution in [2.45, 2.75) is 18.6 Å². The summed E-state index contributed by atoms with van der Waals surface area (Å²) in [5.74, 6) is 5.31. The van der Waals surface area contributed by atoms with Crippen LogP contribution in [0.5, 0.6) is 5.75 Å². The number of fused-ring (bicyclic) bond motifs is 1. The van der Waals surface area contributed by atoms with Crippen molar-refractivity contribution in [2.24, 2.45) is 5.73 Å². The second kappa shape index (κ2) is 8.07. The van der Waals surface area contributed by atoms with E-state index in [0.29, 0.717) is 17.0 Å². The first-order valence-electron chi connectivity index (χ1n) is 6.93. The number of ether oxygens (including phenoxy) is 2. The average molecular weight is 552 g/mol. The standard InChI is InChI=1S/C17H18N2O4.U/c1-11(20)23-17(2,3)8-7-12-5-6-15-14(9-12)19(4)16(21)13(18)10-22-15;/h5-6,9,13H,2-3,10,18H2,1,4H3;/q-2;+2/t13-;/m0./s1. The van der Waals surface area contributed by atoms with E-state index in [1.165, 1.54) is 11.8 Å². The van der Waals surface area contributed by atoms with E-state index >= 15 is 0 Å². The summed E-state index contributed by atoms with van der Waals surface area (Å²) in [6.45, 7) is 8.64. The van der Waals surface area contributed by atoms with E-state index in [9.17, 15) is 9.59 Å². The number of hydrogen-bond donors (Lipinski definition) is 1. The van der Waals surface area contributed by atoms with E-state index in [4.69, 9.17) is 15.2 Å². The zero-order valence-electron chi connectivity index (χ0n) is 13.6. The van der Waals surface area contributed by atoms with E-state index in [1.807, 2.05) is 0 Å². The topological polar surface area (TPSA) is 81.9 Å². The molecule has 1 aromatic carbocycles. The number of likely N-dealkylation sites (N-methyl/N-ethyl adjacent to an activating group) is 1. The Morgan fingerprint density at radius 3 is 2.79 bits per heavy atom. The maximum absolute atomic E-state index is 12.1. The van der Waals surface area contributed by atoms with Gasteiger partial charge in [0.2, 0.25) is 5.91 Å². The Bertz CT molecular complexity index is 706. The molecule has 6 nitrogen and oxygen atoms in total. The minimum Gasteiger partial charge on any atom is -0.512 e. The molecule has 1 amide bonds. The molecule has 0 saturated heterocycles. The van der Waals surface area contributed by atoms with E-state index in [0.717, 1.165) is 0 Å². The zero-order chi connectivity index (χ0) is 17.2. The van der Waals surface area contributed by atoms with Gasteiger partial charge < -0.3 is 34.0 Å². The van der Waals surface area contributed by atoms with Crippen molar-refractivity contribution in [1.82, 2.24) is 0 Å². The van der Waals surface area contributed by atoms with E-state index < -0.39 is 17.6 Å². The molecule has 1 aliphatic heterocycles. The van der Waals surface area contributed by atoms with Crippen LogP contribution in [-0.4, -0.2) is 37.2 Å². The van der Waals surface area contributed by atoms with Gasteiger partial charge >= 0.3 is 31.1 Å². The molecule has 2 N–H and O–H groups in total. The van der Waals surface area contributed by atoms with E-state index in [1.54, 1.807) is 25.2 Å². The molecule has 2 rings (SSSR count). The largest absolute Gasteiger partial charge is 2.00 e. The zero-order valence-corrected chi connectivity index (χ0v) is 17.8. The van der Waals surface area contributed by atoms with Crippen LogP contribution in [0.15, 0.2) is 18.2 Å². The number of amides is 1. The molecule has 0 bridgehead atoms. The Hall–Kier alpha value is -1.47. The van der Waals surface area contributed by atoms with Crippen LogP contribution >= 0.6 is 0 Å². The number of rotatable bonds is 1. The van der Waals surface area contributed by atoms with Crippen molar-refractivity contribution in [2.75, 3.05) is 18.6 Å². The monoisotopic (exact) mass is 552 g/mol. The molecule has 1 atom stereocenters. The minimum absolute atomic E-state index is 0. The van der Waals surface area contributed by atoms with Crippen LogP contribution in [0.4, 0.5) is 5.69 Å². The molecule has 7 heteroatoms. The Morgan fingerprint density at radius 1 is 1.50 bits per heavy atom. The summed E-state index contributed by atoms with van der Waals surface area (Å²) in [5.41, 5.74) is 5.52. The SMILES string of the molecule is [CH2-]C([CH2-])(C#Cc1ccc2c(c1)N(C)C(=O)[C@@H](N)CO2)OC(C)=O.[U+2]. The molecule has 1 heterocycles. The van der Waals surface area contributed by atoms with Gasteiger partial charge in [0.15, 0.2) is 0 Å². The molecule has 24 heavy (non-hydrogen) atoms. The number of anilines is 1. The fourth-order valence-electron chi connectivity index (χ4n) is 2.08. The van der Waals surface area contributed by atoms with Crippen molar-refractivity contribution in [3.05, 3.63) is 37.6 Å². The normalized spacial score (nSPS) is 16.6. The summed E-state index contributed by atoms with van der Waals surface area (Å²) in [6, 6.07) is 4.42. The molecule has 1 aliphatic rings. The second-order valence-electron chi connectivity index (χ2n) is 5.34. The van der Waals surface area contributed by atoms with Gasteiger partial charge in [-0.1, -0.05) is 11.5 Å². The number of carbonyl (C=O) groups excluding carboxylic acids is 2. The van der Waals surface area contributed by atoms with Crippen molar-refractivity contribution in [3.63, 3.8) is 0 Å². The predicted molar refractivity (Wildman–Crippen MR) is 85.4 cm³/mol. The maximum Gasteiger partial charge on any atom is 2.00 e. The maximum atomic E-state index is 12.1. The van der Waals surface area contributed by atoms with Gasteiger partial charge in [0.1, 0.15) is 18.4 Å². The van der Waals surface area contributed by atoms with Crippen LogP contribution < -0.4 is 15.4 Å². The summed E-state index contributed by atoms with van der Waals surface area (Å²) < 4.78 is 10.4. The van der Waals surface area contributed by atoms with Crippen LogP contribution in [0.3, 0.4) is 0 Å². The van der Waals surface area contributed by atoms with Crippen LogP contribution in [0.25, 0.3) is 0 Å². The van der Waals surface area contributed by atoms with Crippen LogP contribution in [0.1, 0.15) is 12.5 Å². The third-order valence-electron chi connectivity index (χ3n) is 3.16. The summed E-state index contributed by atoms with van der Waals surface area (Å²) >= 11 is 0. The van der Waals surface area contributed by atoms with Crippen molar-refractivity contribution in [1.29, 1.82) is 0 Å². The number of nitrogens with two attached hydrogens (primary N) is 1. The first-order chi connectivity index (χ1) is 10.7. The van der Waals surface area contributed by atoms with Crippen LogP contribution in [0.2, 0.25) is 0 Å². The molecule has 0 aromatic heterocycles. The van der Waals surface area contributed by atoms with Gasteiger partial charge in [-0.2, -0.15) is 0 Å². The van der Waals surface area contributed by atoms with Crippen molar-refractivity contribution < 1.29 is 50.2 Å². The Balaban J connectivity index is 0.00000288. The first kappa shape index (κ1) is 20.6. The number of hydrogen-bond acceptors (Lipinski definition) is 5. The molecule has 124 valence electrons. The average Bonchev–Trinajstić information content (AvgIpc) is 2.57. The second-order valence-corrected chi connectivity index (χ2v) is 5.34. The van der Waals surface area contributed by atoms with Gasteiger partial charge in [-0.15, -0.1) is 5.92 Å². The van der Waals surface area contributed by atoms with Crippen LogP contribution in [0, 0.1) is 56.8 Å². The molecular formula is C17H18N2O4U. The predicted octanol–water partition coefficient (Wildman–Crippen LogP) is 0.691. The quantitative estimate of drug-likeness (QED) is 0.315. The Labute approximate surface area is 165 Å². The van der Waals surface area contributed by atoms with Gasteiger partial charge in [-0.25, -0.2) is 0 Å². The summed E-state index contributed by atoms with van der Waals surface area (Å²) in [4.78, 5) is 24.5. The fraction of sp³-hybridized carbons (Fsp3) is 0.294. The fourth-order valence-corrected chi connectivity index (χ4v) is 2.08. The Morgan fingerprint density at radius 2 is 2.17 bits per heavy atom. The van der Waals surface area contributed by atoms with Gasteiger partial charge in [0.05, 0.1) is 5.69 Å². The smallest absolute Gasteiger partial charge is 0.512 e.